The van der Waals surface area contributed by atoms with Gasteiger partial charge in [0.1, 0.15) is 11.2 Å². The van der Waals surface area contributed by atoms with Crippen LogP contribution in [0, 0.1) is 0 Å². The monoisotopic (exact) mass is 456 g/mol. The van der Waals surface area contributed by atoms with Crippen LogP contribution in [0.5, 0.6) is 0 Å². The lowest BCUT2D eigenvalue weighted by Gasteiger charge is -2.11. The van der Waals surface area contributed by atoms with Gasteiger partial charge >= 0.3 is 6.18 Å². The minimum Gasteiger partial charge on any atom is -0.310 e. The molecule has 0 spiro atoms. The Morgan fingerprint density at radius 2 is 2.00 bits per heavy atom. The molecule has 3 aromatic rings. The van der Waals surface area contributed by atoms with Gasteiger partial charge in [-0.25, -0.2) is 9.97 Å². The topological polar surface area (TPSA) is 43.6 Å². The van der Waals surface area contributed by atoms with Gasteiger partial charge in [-0.2, -0.15) is 13.2 Å². The third kappa shape index (κ3) is 3.47. The molecule has 0 amide bonds. The van der Waals surface area contributed by atoms with Crippen molar-refractivity contribution in [2.24, 2.45) is 7.05 Å². The number of pyridine rings is 2. The van der Waals surface area contributed by atoms with E-state index in [9.17, 15) is 13.2 Å². The molecule has 0 N–H and O–H groups in total. The van der Waals surface area contributed by atoms with Crippen LogP contribution in [0.25, 0.3) is 22.7 Å². The Morgan fingerprint density at radius 1 is 1.26 bits per heavy atom. The Kier molecular flexibility index (Phi) is 4.70. The minimum atomic E-state index is -4.43. The second-order valence-electron chi connectivity index (χ2n) is 6.46. The molecule has 9 heteroatoms. The zero-order chi connectivity index (χ0) is 19.3. The third-order valence-electron chi connectivity index (χ3n) is 4.47. The number of nitrogens with zero attached hydrogens (tertiary/aromatic N) is 4. The SMILES string of the molecule is CCSc1cc(Br)cnc1-c1nc2cc(C(F)(F)F)c(C3CC3)nc2n1C. The molecule has 0 radical (unpaired) electrons. The number of halogens is 4. The molecule has 142 valence electrons. The van der Waals surface area contributed by atoms with Crippen molar-refractivity contribution < 1.29 is 13.2 Å². The zero-order valence-electron chi connectivity index (χ0n) is 14.6. The van der Waals surface area contributed by atoms with E-state index in [1.54, 1.807) is 29.6 Å². The highest BCUT2D eigenvalue weighted by atomic mass is 79.9. The lowest BCUT2D eigenvalue weighted by molar-refractivity contribution is -0.138. The van der Waals surface area contributed by atoms with Crippen molar-refractivity contribution in [2.45, 2.75) is 36.8 Å². The van der Waals surface area contributed by atoms with Gasteiger partial charge < -0.3 is 4.57 Å². The highest BCUT2D eigenvalue weighted by Crippen LogP contribution is 2.46. The van der Waals surface area contributed by atoms with Crippen molar-refractivity contribution >= 4 is 38.9 Å². The molecule has 1 fully saturated rings. The van der Waals surface area contributed by atoms with Crippen LogP contribution in [0.3, 0.4) is 0 Å². The fraction of sp³-hybridized carbons (Fsp3) is 0.389. The van der Waals surface area contributed by atoms with E-state index in [1.165, 1.54) is 0 Å². The number of hydrogen-bond donors (Lipinski definition) is 0. The van der Waals surface area contributed by atoms with Crippen LogP contribution in [0.15, 0.2) is 27.7 Å². The van der Waals surface area contributed by atoms with Gasteiger partial charge in [0.2, 0.25) is 0 Å². The van der Waals surface area contributed by atoms with Crippen LogP contribution in [0.1, 0.15) is 36.9 Å². The van der Waals surface area contributed by atoms with E-state index in [0.717, 1.165) is 34.0 Å². The van der Waals surface area contributed by atoms with E-state index in [4.69, 9.17) is 0 Å². The van der Waals surface area contributed by atoms with Crippen LogP contribution < -0.4 is 0 Å². The standard InChI is InChI=1S/C18H16BrF3N4S/c1-3-27-13-6-10(19)8-23-15(13)17-24-12-7-11(18(20,21)22)14(9-4-5-9)25-16(12)26(17)2/h6-9H,3-5H2,1-2H3. The van der Waals surface area contributed by atoms with Crippen molar-refractivity contribution in [1.82, 2.24) is 19.5 Å². The number of imidazole rings is 1. The summed E-state index contributed by atoms with van der Waals surface area (Å²) >= 11 is 5.02. The molecule has 0 saturated heterocycles. The molecule has 3 aromatic heterocycles. The maximum absolute atomic E-state index is 13.5. The Labute approximate surface area is 166 Å². The van der Waals surface area contributed by atoms with Gasteiger partial charge in [0.15, 0.2) is 11.5 Å². The van der Waals surface area contributed by atoms with E-state index in [0.29, 0.717) is 17.2 Å². The van der Waals surface area contributed by atoms with Crippen LogP contribution in [0.2, 0.25) is 0 Å². The molecule has 0 bridgehead atoms. The highest BCUT2D eigenvalue weighted by molar-refractivity contribution is 9.10. The maximum Gasteiger partial charge on any atom is 0.418 e. The fourth-order valence-electron chi connectivity index (χ4n) is 3.09. The normalized spacial score (nSPS) is 14.9. The summed E-state index contributed by atoms with van der Waals surface area (Å²) in [5, 5.41) is 0. The number of rotatable bonds is 4. The first kappa shape index (κ1) is 18.7. The first-order chi connectivity index (χ1) is 12.8. The average molecular weight is 457 g/mol. The third-order valence-corrected chi connectivity index (χ3v) is 5.82. The van der Waals surface area contributed by atoms with E-state index in [2.05, 4.69) is 30.9 Å². The minimum absolute atomic E-state index is 0.110. The number of aromatic nitrogens is 4. The van der Waals surface area contributed by atoms with E-state index in [-0.39, 0.29) is 17.1 Å². The molecule has 1 aliphatic rings. The number of fused-ring (bicyclic) bond motifs is 1. The molecule has 0 unspecified atom stereocenters. The molecule has 4 rings (SSSR count). The molecule has 1 saturated carbocycles. The second-order valence-corrected chi connectivity index (χ2v) is 8.69. The largest absolute Gasteiger partial charge is 0.418 e. The molecule has 3 heterocycles. The van der Waals surface area contributed by atoms with Gasteiger partial charge in [0, 0.05) is 28.5 Å². The van der Waals surface area contributed by atoms with Gasteiger partial charge in [0.05, 0.1) is 11.3 Å². The van der Waals surface area contributed by atoms with Crippen LogP contribution in [-0.2, 0) is 13.2 Å². The molecule has 27 heavy (non-hydrogen) atoms. The smallest absolute Gasteiger partial charge is 0.310 e. The first-order valence-electron chi connectivity index (χ1n) is 8.53. The summed E-state index contributed by atoms with van der Waals surface area (Å²) in [5.41, 5.74) is 0.802. The lowest BCUT2D eigenvalue weighted by atomic mass is 10.1. The van der Waals surface area contributed by atoms with Crippen molar-refractivity contribution in [2.75, 3.05) is 5.75 Å². The van der Waals surface area contributed by atoms with Crippen LogP contribution >= 0.6 is 27.7 Å². The lowest BCUT2D eigenvalue weighted by Crippen LogP contribution is -2.11. The molecule has 0 aliphatic heterocycles. The molecule has 0 aromatic carbocycles. The Bertz CT molecular complexity index is 1030. The Balaban J connectivity index is 1.93. The molecular formula is C18H16BrF3N4S. The van der Waals surface area contributed by atoms with E-state index < -0.39 is 11.7 Å². The summed E-state index contributed by atoms with van der Waals surface area (Å²) in [6.45, 7) is 2.03. The van der Waals surface area contributed by atoms with E-state index >= 15 is 0 Å². The van der Waals surface area contributed by atoms with Crippen LogP contribution in [-0.4, -0.2) is 25.3 Å². The molecule has 0 atom stereocenters. The quantitative estimate of drug-likeness (QED) is 0.465. The highest BCUT2D eigenvalue weighted by Gasteiger charge is 2.40. The summed E-state index contributed by atoms with van der Waals surface area (Å²) in [6.07, 6.45) is -1.27. The van der Waals surface area contributed by atoms with Gasteiger partial charge in [-0.1, -0.05) is 6.92 Å². The van der Waals surface area contributed by atoms with Crippen molar-refractivity contribution in [1.29, 1.82) is 0 Å². The van der Waals surface area contributed by atoms with E-state index in [1.807, 2.05) is 13.0 Å². The predicted molar refractivity (Wildman–Crippen MR) is 103 cm³/mol. The van der Waals surface area contributed by atoms with Crippen molar-refractivity contribution in [3.05, 3.63) is 34.1 Å². The number of hydrogen-bond acceptors (Lipinski definition) is 4. The van der Waals surface area contributed by atoms with Crippen molar-refractivity contribution in [3.8, 4) is 11.5 Å². The summed E-state index contributed by atoms with van der Waals surface area (Å²) in [5.74, 6) is 1.25. The van der Waals surface area contributed by atoms with Gasteiger partial charge in [-0.15, -0.1) is 11.8 Å². The summed E-state index contributed by atoms with van der Waals surface area (Å²) in [4.78, 5) is 14.2. The molecule has 4 nitrogen and oxygen atoms in total. The average Bonchev–Trinajstić information content (AvgIpc) is 3.39. The van der Waals surface area contributed by atoms with Crippen LogP contribution in [0.4, 0.5) is 13.2 Å². The van der Waals surface area contributed by atoms with Crippen molar-refractivity contribution in [3.63, 3.8) is 0 Å². The Morgan fingerprint density at radius 3 is 2.63 bits per heavy atom. The summed E-state index contributed by atoms with van der Waals surface area (Å²) in [7, 11) is 1.77. The van der Waals surface area contributed by atoms with Gasteiger partial charge in [0.25, 0.3) is 0 Å². The number of thioether (sulfide) groups is 1. The number of aryl methyl sites for hydroxylation is 1. The first-order valence-corrected chi connectivity index (χ1v) is 10.3. The predicted octanol–water partition coefficient (Wildman–Crippen LogP) is 5.80. The molecule has 1 aliphatic carbocycles. The fourth-order valence-corrected chi connectivity index (χ4v) is 4.37. The summed E-state index contributed by atoms with van der Waals surface area (Å²) in [6, 6.07) is 3.07. The van der Waals surface area contributed by atoms with Gasteiger partial charge in [-0.05, 0) is 46.7 Å². The van der Waals surface area contributed by atoms with Gasteiger partial charge in [-0.3, -0.25) is 4.98 Å². The number of alkyl halides is 3. The molecular weight excluding hydrogens is 441 g/mol. The maximum atomic E-state index is 13.5. The Hall–Kier alpha value is -1.61. The zero-order valence-corrected chi connectivity index (χ0v) is 17.0. The summed E-state index contributed by atoms with van der Waals surface area (Å²) < 4.78 is 43.1. The second kappa shape index (κ2) is 6.77.